The standard InChI is InChI=1S/C9H18O/c1-8(10)7-9-5-3-2-4-6-9/h8-10H,2-7H2,1H3/t8-/m0/s1. The lowest BCUT2D eigenvalue weighted by molar-refractivity contribution is 0.146. The summed E-state index contributed by atoms with van der Waals surface area (Å²) in [6.07, 6.45) is 7.84. The summed E-state index contributed by atoms with van der Waals surface area (Å²) in [5.74, 6) is 0.828. The normalized spacial score (nSPS) is 24.6. The van der Waals surface area contributed by atoms with Gasteiger partial charge >= 0.3 is 0 Å². The highest BCUT2D eigenvalue weighted by Crippen LogP contribution is 2.26. The van der Waals surface area contributed by atoms with Crippen LogP contribution in [-0.2, 0) is 0 Å². The smallest absolute Gasteiger partial charge is 0.0514 e. The van der Waals surface area contributed by atoms with Crippen LogP contribution in [0.25, 0.3) is 0 Å². The first-order chi connectivity index (χ1) is 4.79. The molecular weight excluding hydrogens is 124 g/mol. The molecule has 0 saturated heterocycles. The molecule has 1 rings (SSSR count). The van der Waals surface area contributed by atoms with Crippen LogP contribution in [0.15, 0.2) is 0 Å². The highest BCUT2D eigenvalue weighted by atomic mass is 16.3. The Labute approximate surface area is 63.4 Å². The summed E-state index contributed by atoms with van der Waals surface area (Å²) in [6.45, 7) is 1.90. The summed E-state index contributed by atoms with van der Waals surface area (Å²) in [7, 11) is 0. The van der Waals surface area contributed by atoms with E-state index < -0.39 is 0 Å². The predicted molar refractivity (Wildman–Crippen MR) is 42.9 cm³/mol. The summed E-state index contributed by atoms with van der Waals surface area (Å²) in [5, 5.41) is 9.10. The highest BCUT2D eigenvalue weighted by Gasteiger charge is 2.14. The Morgan fingerprint density at radius 2 is 1.90 bits per heavy atom. The van der Waals surface area contributed by atoms with E-state index in [0.717, 1.165) is 12.3 Å². The van der Waals surface area contributed by atoms with Gasteiger partial charge in [-0.3, -0.25) is 0 Å². The Bertz CT molecular complexity index is 82.7. The summed E-state index contributed by atoms with van der Waals surface area (Å²) >= 11 is 0. The first-order valence-corrected chi connectivity index (χ1v) is 4.47. The molecule has 0 aliphatic heterocycles. The quantitative estimate of drug-likeness (QED) is 0.627. The third kappa shape index (κ3) is 2.70. The Morgan fingerprint density at radius 1 is 1.30 bits per heavy atom. The zero-order chi connectivity index (χ0) is 7.40. The highest BCUT2D eigenvalue weighted by molar-refractivity contribution is 4.67. The first kappa shape index (κ1) is 8.06. The second kappa shape index (κ2) is 3.97. The van der Waals surface area contributed by atoms with Crippen LogP contribution < -0.4 is 0 Å². The lowest BCUT2D eigenvalue weighted by Gasteiger charge is -2.22. The minimum atomic E-state index is -0.0805. The Balaban J connectivity index is 2.13. The van der Waals surface area contributed by atoms with Gasteiger partial charge in [0.15, 0.2) is 0 Å². The molecule has 0 heterocycles. The van der Waals surface area contributed by atoms with Crippen LogP contribution in [0.1, 0.15) is 45.4 Å². The van der Waals surface area contributed by atoms with Crippen molar-refractivity contribution in [1.82, 2.24) is 0 Å². The average molecular weight is 142 g/mol. The largest absolute Gasteiger partial charge is 0.393 e. The Morgan fingerprint density at radius 3 is 2.40 bits per heavy atom. The molecule has 1 saturated carbocycles. The van der Waals surface area contributed by atoms with Gasteiger partial charge in [0.2, 0.25) is 0 Å². The van der Waals surface area contributed by atoms with E-state index in [9.17, 15) is 0 Å². The monoisotopic (exact) mass is 142 g/mol. The van der Waals surface area contributed by atoms with Crippen LogP contribution in [0.3, 0.4) is 0 Å². The van der Waals surface area contributed by atoms with Crippen molar-refractivity contribution in [3.05, 3.63) is 0 Å². The summed E-state index contributed by atoms with van der Waals surface area (Å²) in [4.78, 5) is 0. The molecule has 60 valence electrons. The Hall–Kier alpha value is -0.0400. The maximum absolute atomic E-state index is 9.10. The molecule has 0 spiro atoms. The molecule has 1 atom stereocenters. The molecule has 1 aliphatic carbocycles. The SMILES string of the molecule is C[C@H](O)CC1CCCCC1. The van der Waals surface area contributed by atoms with Crippen LogP contribution in [-0.4, -0.2) is 11.2 Å². The minimum Gasteiger partial charge on any atom is -0.393 e. The molecule has 1 heteroatoms. The van der Waals surface area contributed by atoms with Crippen LogP contribution >= 0.6 is 0 Å². The van der Waals surface area contributed by atoms with Crippen molar-refractivity contribution in [3.63, 3.8) is 0 Å². The second-order valence-corrected chi connectivity index (χ2v) is 3.59. The summed E-state index contributed by atoms with van der Waals surface area (Å²) < 4.78 is 0. The van der Waals surface area contributed by atoms with Gasteiger partial charge < -0.3 is 5.11 Å². The molecule has 0 aromatic carbocycles. The second-order valence-electron chi connectivity index (χ2n) is 3.59. The maximum atomic E-state index is 9.10. The van der Waals surface area contributed by atoms with Gasteiger partial charge in [0.25, 0.3) is 0 Å². The van der Waals surface area contributed by atoms with Gasteiger partial charge in [-0.05, 0) is 19.3 Å². The van der Waals surface area contributed by atoms with Crippen LogP contribution in [0, 0.1) is 5.92 Å². The van der Waals surface area contributed by atoms with E-state index in [1.807, 2.05) is 6.92 Å². The van der Waals surface area contributed by atoms with E-state index >= 15 is 0 Å². The molecule has 0 aromatic rings. The third-order valence-corrected chi connectivity index (χ3v) is 2.40. The number of aliphatic hydroxyl groups excluding tert-OH is 1. The van der Waals surface area contributed by atoms with E-state index in [1.165, 1.54) is 32.1 Å². The van der Waals surface area contributed by atoms with Crippen LogP contribution in [0.4, 0.5) is 0 Å². The fraction of sp³-hybridized carbons (Fsp3) is 1.00. The predicted octanol–water partition coefficient (Wildman–Crippen LogP) is 2.34. The van der Waals surface area contributed by atoms with E-state index in [0.29, 0.717) is 0 Å². The Kier molecular flexibility index (Phi) is 3.20. The maximum Gasteiger partial charge on any atom is 0.0514 e. The van der Waals surface area contributed by atoms with Gasteiger partial charge in [-0.1, -0.05) is 32.1 Å². The fourth-order valence-electron chi connectivity index (χ4n) is 1.91. The first-order valence-electron chi connectivity index (χ1n) is 4.47. The van der Waals surface area contributed by atoms with Gasteiger partial charge in [-0.2, -0.15) is 0 Å². The van der Waals surface area contributed by atoms with Gasteiger partial charge in [-0.15, -0.1) is 0 Å². The molecule has 1 aliphatic rings. The van der Waals surface area contributed by atoms with Gasteiger partial charge in [0.1, 0.15) is 0 Å². The van der Waals surface area contributed by atoms with Crippen molar-refractivity contribution in [3.8, 4) is 0 Å². The number of hydrogen-bond acceptors (Lipinski definition) is 1. The molecule has 0 radical (unpaired) electrons. The average Bonchev–Trinajstić information content (AvgIpc) is 1.88. The molecule has 1 N–H and O–H groups in total. The number of aliphatic hydroxyl groups is 1. The van der Waals surface area contributed by atoms with Crippen molar-refractivity contribution in [2.24, 2.45) is 5.92 Å². The van der Waals surface area contributed by atoms with Crippen molar-refractivity contribution in [2.75, 3.05) is 0 Å². The van der Waals surface area contributed by atoms with Crippen LogP contribution in [0.2, 0.25) is 0 Å². The third-order valence-electron chi connectivity index (χ3n) is 2.40. The van der Waals surface area contributed by atoms with E-state index in [4.69, 9.17) is 5.11 Å². The van der Waals surface area contributed by atoms with Gasteiger partial charge in [0, 0.05) is 0 Å². The molecule has 0 amide bonds. The number of rotatable bonds is 2. The summed E-state index contributed by atoms with van der Waals surface area (Å²) in [6, 6.07) is 0. The molecule has 0 aromatic heterocycles. The van der Waals surface area contributed by atoms with Crippen molar-refractivity contribution < 1.29 is 5.11 Å². The van der Waals surface area contributed by atoms with Gasteiger partial charge in [-0.25, -0.2) is 0 Å². The molecule has 10 heavy (non-hydrogen) atoms. The van der Waals surface area contributed by atoms with Crippen molar-refractivity contribution in [2.45, 2.75) is 51.6 Å². The summed E-state index contributed by atoms with van der Waals surface area (Å²) in [5.41, 5.74) is 0. The molecule has 0 unspecified atom stereocenters. The molecular formula is C9H18O. The van der Waals surface area contributed by atoms with E-state index in [1.54, 1.807) is 0 Å². The zero-order valence-corrected chi connectivity index (χ0v) is 6.84. The lowest BCUT2D eigenvalue weighted by atomic mass is 9.86. The van der Waals surface area contributed by atoms with Crippen molar-refractivity contribution >= 4 is 0 Å². The van der Waals surface area contributed by atoms with Crippen molar-refractivity contribution in [1.29, 1.82) is 0 Å². The van der Waals surface area contributed by atoms with E-state index in [2.05, 4.69) is 0 Å². The minimum absolute atomic E-state index is 0.0805. The van der Waals surface area contributed by atoms with Crippen LogP contribution in [0.5, 0.6) is 0 Å². The van der Waals surface area contributed by atoms with E-state index in [-0.39, 0.29) is 6.10 Å². The number of hydrogen-bond donors (Lipinski definition) is 1. The topological polar surface area (TPSA) is 20.2 Å². The van der Waals surface area contributed by atoms with Gasteiger partial charge in [0.05, 0.1) is 6.10 Å². The molecule has 1 fully saturated rings. The molecule has 0 bridgehead atoms. The molecule has 1 nitrogen and oxygen atoms in total. The lowest BCUT2D eigenvalue weighted by Crippen LogP contribution is -2.12. The fourth-order valence-corrected chi connectivity index (χ4v) is 1.91. The zero-order valence-electron chi connectivity index (χ0n) is 6.84.